The number of hydrogen-bond donors (Lipinski definition) is 2. The minimum absolute atomic E-state index is 0.266. The van der Waals surface area contributed by atoms with Crippen molar-refractivity contribution in [2.75, 3.05) is 0 Å². The van der Waals surface area contributed by atoms with E-state index >= 15 is 0 Å². The minimum atomic E-state index is -1.32. The highest BCUT2D eigenvalue weighted by atomic mass is 16.4. The van der Waals surface area contributed by atoms with Crippen LogP contribution in [0.15, 0.2) is 18.2 Å². The second-order valence-electron chi connectivity index (χ2n) is 2.89. The number of Topliss-reactive ketones (excluding diaryl/α,β-unsaturated/α-hetero) is 1. The van der Waals surface area contributed by atoms with Gasteiger partial charge in [0.05, 0.1) is 11.1 Å². The lowest BCUT2D eigenvalue weighted by Crippen LogP contribution is -2.12. The van der Waals surface area contributed by atoms with E-state index in [1.54, 1.807) is 0 Å². The van der Waals surface area contributed by atoms with Crippen LogP contribution >= 0.6 is 0 Å². The van der Waals surface area contributed by atoms with Crippen molar-refractivity contribution < 1.29 is 24.6 Å². The van der Waals surface area contributed by atoms with E-state index in [0.29, 0.717) is 0 Å². The van der Waals surface area contributed by atoms with Crippen molar-refractivity contribution in [3.05, 3.63) is 34.9 Å². The molecule has 0 aliphatic rings. The first-order valence-electron chi connectivity index (χ1n) is 4.05. The third-order valence-electron chi connectivity index (χ3n) is 1.88. The van der Waals surface area contributed by atoms with Crippen molar-refractivity contribution >= 4 is 17.7 Å². The molecule has 5 nitrogen and oxygen atoms in total. The van der Waals surface area contributed by atoms with Crippen LogP contribution in [0.3, 0.4) is 0 Å². The highest BCUT2D eigenvalue weighted by Crippen LogP contribution is 2.16. The zero-order valence-electron chi connectivity index (χ0n) is 7.85. The van der Waals surface area contributed by atoms with Gasteiger partial charge in [0.2, 0.25) is 0 Å². The summed E-state index contributed by atoms with van der Waals surface area (Å²) in [4.78, 5) is 32.7. The zero-order chi connectivity index (χ0) is 11.6. The number of carboxylic acids is 2. The van der Waals surface area contributed by atoms with Gasteiger partial charge in [-0.1, -0.05) is 6.07 Å². The first kappa shape index (κ1) is 10.9. The Morgan fingerprint density at radius 1 is 1.00 bits per heavy atom. The van der Waals surface area contributed by atoms with Crippen molar-refractivity contribution in [1.29, 1.82) is 0 Å². The zero-order valence-corrected chi connectivity index (χ0v) is 7.85. The molecule has 0 saturated carbocycles. The fourth-order valence-corrected chi connectivity index (χ4v) is 1.29. The van der Waals surface area contributed by atoms with Gasteiger partial charge in [0.15, 0.2) is 5.78 Å². The average Bonchev–Trinajstić information content (AvgIpc) is 2.16. The number of hydrogen-bond acceptors (Lipinski definition) is 3. The summed E-state index contributed by atoms with van der Waals surface area (Å²) in [5, 5.41) is 17.6. The molecular formula is C10H8O5. The van der Waals surface area contributed by atoms with E-state index in [9.17, 15) is 14.4 Å². The summed E-state index contributed by atoms with van der Waals surface area (Å²) >= 11 is 0. The number of carbonyl (C=O) groups is 3. The highest BCUT2D eigenvalue weighted by molar-refractivity contribution is 6.11. The lowest BCUT2D eigenvalue weighted by Gasteiger charge is -2.05. The molecule has 1 rings (SSSR count). The Hall–Kier alpha value is -2.17. The van der Waals surface area contributed by atoms with Gasteiger partial charge in [-0.3, -0.25) is 4.79 Å². The number of benzene rings is 1. The molecular weight excluding hydrogens is 200 g/mol. The maximum atomic E-state index is 11.2. The molecule has 5 heteroatoms. The van der Waals surface area contributed by atoms with Crippen LogP contribution in [0.25, 0.3) is 0 Å². The summed E-state index contributed by atoms with van der Waals surface area (Å²) in [7, 11) is 0. The predicted octanol–water partition coefficient (Wildman–Crippen LogP) is 1.29. The monoisotopic (exact) mass is 208 g/mol. The van der Waals surface area contributed by atoms with E-state index in [1.807, 2.05) is 0 Å². The fraction of sp³-hybridized carbons (Fsp3) is 0.100. The van der Waals surface area contributed by atoms with Gasteiger partial charge in [-0.05, 0) is 19.1 Å². The summed E-state index contributed by atoms with van der Waals surface area (Å²) in [5.41, 5.74) is -0.845. The van der Waals surface area contributed by atoms with Crippen molar-refractivity contribution in [1.82, 2.24) is 0 Å². The van der Waals surface area contributed by atoms with E-state index in [4.69, 9.17) is 10.2 Å². The van der Waals surface area contributed by atoms with E-state index < -0.39 is 17.7 Å². The third kappa shape index (κ3) is 2.01. The lowest BCUT2D eigenvalue weighted by atomic mass is 9.98. The number of carbonyl (C=O) groups excluding carboxylic acids is 1. The molecule has 0 aliphatic heterocycles. The quantitative estimate of drug-likeness (QED) is 0.730. The van der Waals surface area contributed by atoms with Gasteiger partial charge in [-0.25, -0.2) is 9.59 Å². The summed E-state index contributed by atoms with van der Waals surface area (Å²) in [6, 6.07) is 3.69. The van der Waals surface area contributed by atoms with Crippen LogP contribution < -0.4 is 0 Å². The molecule has 0 saturated heterocycles. The fourth-order valence-electron chi connectivity index (χ4n) is 1.29. The van der Waals surface area contributed by atoms with E-state index in [1.165, 1.54) is 18.2 Å². The highest BCUT2D eigenvalue weighted by Gasteiger charge is 2.20. The SMILES string of the molecule is CC(=O)c1c(C(=O)O)cccc1C(=O)O. The molecule has 0 atom stereocenters. The van der Waals surface area contributed by atoms with Crippen LogP contribution in [0.4, 0.5) is 0 Å². The maximum Gasteiger partial charge on any atom is 0.336 e. The molecule has 0 amide bonds. The second kappa shape index (κ2) is 3.91. The van der Waals surface area contributed by atoms with Crippen LogP contribution in [0.1, 0.15) is 38.0 Å². The van der Waals surface area contributed by atoms with Crippen LogP contribution in [-0.2, 0) is 0 Å². The van der Waals surface area contributed by atoms with E-state index in [-0.39, 0.29) is 16.7 Å². The molecule has 15 heavy (non-hydrogen) atoms. The minimum Gasteiger partial charge on any atom is -0.478 e. The molecule has 1 aromatic rings. The topological polar surface area (TPSA) is 91.7 Å². The molecule has 0 unspecified atom stereocenters. The first-order valence-corrected chi connectivity index (χ1v) is 4.05. The van der Waals surface area contributed by atoms with Crippen molar-refractivity contribution in [3.63, 3.8) is 0 Å². The maximum absolute atomic E-state index is 11.2. The Labute approximate surface area is 85.0 Å². The Balaban J connectivity index is 3.56. The van der Waals surface area contributed by atoms with Gasteiger partial charge in [-0.2, -0.15) is 0 Å². The molecule has 2 N–H and O–H groups in total. The molecule has 0 aromatic heterocycles. The van der Waals surface area contributed by atoms with Crippen molar-refractivity contribution in [3.8, 4) is 0 Å². The lowest BCUT2D eigenvalue weighted by molar-refractivity contribution is 0.0689. The van der Waals surface area contributed by atoms with Crippen LogP contribution in [0, 0.1) is 0 Å². The van der Waals surface area contributed by atoms with Gasteiger partial charge in [0.25, 0.3) is 0 Å². The Morgan fingerprint density at radius 3 is 1.67 bits per heavy atom. The third-order valence-corrected chi connectivity index (χ3v) is 1.88. The number of ketones is 1. The predicted molar refractivity (Wildman–Crippen MR) is 50.4 cm³/mol. The Bertz CT molecular complexity index is 415. The first-order chi connectivity index (χ1) is 6.95. The number of carboxylic acid groups (broad SMARTS) is 2. The standard InChI is InChI=1S/C10H8O5/c1-5(11)8-6(9(12)13)3-2-4-7(8)10(14)15/h2-4H,1H3,(H,12,13)(H,14,15). The molecule has 0 heterocycles. The summed E-state index contributed by atoms with van der Waals surface area (Å²) in [6.45, 7) is 1.13. The largest absolute Gasteiger partial charge is 0.478 e. The Kier molecular flexibility index (Phi) is 2.85. The molecule has 0 fully saturated rings. The molecule has 0 bridgehead atoms. The normalized spacial score (nSPS) is 9.67. The molecule has 0 aliphatic carbocycles. The van der Waals surface area contributed by atoms with Crippen LogP contribution in [0.5, 0.6) is 0 Å². The average molecular weight is 208 g/mol. The molecule has 0 spiro atoms. The van der Waals surface area contributed by atoms with Gasteiger partial charge in [0, 0.05) is 5.56 Å². The number of rotatable bonds is 3. The summed E-state index contributed by atoms with van der Waals surface area (Å²) in [6.07, 6.45) is 0. The van der Waals surface area contributed by atoms with Gasteiger partial charge in [0.1, 0.15) is 0 Å². The molecule has 78 valence electrons. The second-order valence-corrected chi connectivity index (χ2v) is 2.89. The summed E-state index contributed by atoms with van der Waals surface area (Å²) in [5.74, 6) is -3.21. The van der Waals surface area contributed by atoms with E-state index in [2.05, 4.69) is 0 Å². The molecule has 0 radical (unpaired) electrons. The molecule has 1 aromatic carbocycles. The number of aromatic carboxylic acids is 2. The van der Waals surface area contributed by atoms with Crippen LogP contribution in [-0.4, -0.2) is 27.9 Å². The van der Waals surface area contributed by atoms with Crippen molar-refractivity contribution in [2.24, 2.45) is 0 Å². The van der Waals surface area contributed by atoms with Gasteiger partial charge >= 0.3 is 11.9 Å². The van der Waals surface area contributed by atoms with Gasteiger partial charge in [-0.15, -0.1) is 0 Å². The van der Waals surface area contributed by atoms with Crippen molar-refractivity contribution in [2.45, 2.75) is 6.92 Å². The Morgan fingerprint density at radius 2 is 1.40 bits per heavy atom. The van der Waals surface area contributed by atoms with E-state index in [0.717, 1.165) is 6.92 Å². The van der Waals surface area contributed by atoms with Crippen LogP contribution in [0.2, 0.25) is 0 Å². The van der Waals surface area contributed by atoms with Gasteiger partial charge < -0.3 is 10.2 Å². The smallest absolute Gasteiger partial charge is 0.336 e. The summed E-state index contributed by atoms with van der Waals surface area (Å²) < 4.78 is 0.